The van der Waals surface area contributed by atoms with Crippen LogP contribution < -0.4 is 0 Å². The van der Waals surface area contributed by atoms with Crippen molar-refractivity contribution in [1.29, 1.82) is 0 Å². The average molecular weight is 464 g/mol. The summed E-state index contributed by atoms with van der Waals surface area (Å²) in [6.45, 7) is 4.77. The van der Waals surface area contributed by atoms with Crippen LogP contribution in [-0.4, -0.2) is 8.80 Å². The lowest BCUT2D eigenvalue weighted by Crippen LogP contribution is -2.33. The number of unbranched alkanes of at least 4 members (excludes halogenated alkanes) is 2. The molecule has 32 heavy (non-hydrogen) atoms. The molecule has 0 spiro atoms. The van der Waals surface area contributed by atoms with E-state index >= 15 is 0 Å². The lowest BCUT2D eigenvalue weighted by Gasteiger charge is -2.40. The summed E-state index contributed by atoms with van der Waals surface area (Å²) in [6.07, 6.45) is 7.67. The first-order valence-electron chi connectivity index (χ1n) is 12.0. The van der Waals surface area contributed by atoms with Crippen molar-refractivity contribution in [2.75, 3.05) is 0 Å². The summed E-state index contributed by atoms with van der Waals surface area (Å²) in [5.74, 6) is -0.177. The molecule has 0 atom stereocenters. The Kier molecular flexibility index (Phi) is 7.53. The number of benzene rings is 3. The van der Waals surface area contributed by atoms with Crippen molar-refractivity contribution >= 4 is 20.4 Å². The zero-order valence-corrected chi connectivity index (χ0v) is 21.0. The molecule has 1 fully saturated rings. The molecule has 1 aliphatic rings. The van der Waals surface area contributed by atoms with E-state index in [1.807, 2.05) is 24.3 Å². The van der Waals surface area contributed by atoms with Crippen LogP contribution in [0.4, 0.5) is 4.39 Å². The van der Waals surface area contributed by atoms with Gasteiger partial charge in [-0.3, -0.25) is 0 Å². The Balaban J connectivity index is 1.83. The number of halogens is 2. The molecular weight excluding hydrogens is 431 g/mol. The third-order valence-electron chi connectivity index (χ3n) is 7.27. The molecule has 0 N–H and O–H groups in total. The fourth-order valence-corrected chi connectivity index (χ4v) is 7.40. The summed E-state index contributed by atoms with van der Waals surface area (Å²) in [6, 6.07) is 24.7. The maximum Gasteiger partial charge on any atom is 0.131 e. The first kappa shape index (κ1) is 23.3. The monoisotopic (exact) mass is 463 g/mol. The molecule has 3 aromatic carbocycles. The van der Waals surface area contributed by atoms with Gasteiger partial charge in [0.05, 0.1) is 0 Å². The zero-order valence-electron chi connectivity index (χ0n) is 19.3. The summed E-state index contributed by atoms with van der Waals surface area (Å²) in [7, 11) is -0.187. The minimum Gasteiger partial charge on any atom is -0.206 e. The minimum atomic E-state index is -0.187. The summed E-state index contributed by atoms with van der Waals surface area (Å²) in [4.78, 5) is 0. The Morgan fingerprint density at radius 3 is 2.28 bits per heavy atom. The Bertz CT molecular complexity index is 1040. The molecule has 0 amide bonds. The van der Waals surface area contributed by atoms with Gasteiger partial charge in [0.2, 0.25) is 0 Å². The molecule has 3 aromatic rings. The molecule has 1 saturated heterocycles. The second-order valence-corrected chi connectivity index (χ2v) is 12.8. The van der Waals surface area contributed by atoms with E-state index in [1.165, 1.54) is 56.2 Å². The predicted molar refractivity (Wildman–Crippen MR) is 139 cm³/mol. The van der Waals surface area contributed by atoms with Gasteiger partial charge in [0, 0.05) is 19.4 Å². The molecule has 0 aromatic heterocycles. The van der Waals surface area contributed by atoms with Crippen molar-refractivity contribution in [3.05, 3.63) is 83.1 Å². The molecule has 1 aliphatic heterocycles. The zero-order chi connectivity index (χ0) is 22.6. The summed E-state index contributed by atoms with van der Waals surface area (Å²) >= 11 is 6.18. The lowest BCUT2D eigenvalue weighted by molar-refractivity contribution is 0.338. The molecule has 0 unspecified atom stereocenters. The first-order chi connectivity index (χ1) is 15.5. The molecule has 4 rings (SSSR count). The molecular formula is C29H33ClFSi. The number of rotatable bonds is 7. The summed E-state index contributed by atoms with van der Waals surface area (Å²) in [5, 5.41) is 0.721. The highest BCUT2D eigenvalue weighted by molar-refractivity contribution is 6.57. The fraction of sp³-hybridized carbons (Fsp3) is 0.379. The van der Waals surface area contributed by atoms with E-state index in [2.05, 4.69) is 43.8 Å². The van der Waals surface area contributed by atoms with Crippen LogP contribution in [0.1, 0.15) is 51.0 Å². The SMILES string of the molecule is CCCCCC1(c2ccc(-c3ccccc3F)c(-c3ccc(Cl)cc3)c2)CC[Si](C)CC1. The van der Waals surface area contributed by atoms with Crippen LogP contribution in [0.15, 0.2) is 66.7 Å². The molecule has 0 aliphatic carbocycles. The van der Waals surface area contributed by atoms with E-state index in [9.17, 15) is 4.39 Å². The standard InChI is InChI=1S/C29H33ClFSi/c1-3-4-7-16-29(17-19-32(2)20-18-29)23-12-15-25(26-8-5-6-9-28(26)31)27(21-23)22-10-13-24(30)14-11-22/h5-6,8-15,21H,3-4,7,16-20H2,1-2H3. The van der Waals surface area contributed by atoms with Crippen LogP contribution in [0, 0.1) is 5.82 Å². The number of hydrogen-bond donors (Lipinski definition) is 0. The van der Waals surface area contributed by atoms with E-state index in [0.29, 0.717) is 5.56 Å². The van der Waals surface area contributed by atoms with Gasteiger partial charge in [-0.15, -0.1) is 0 Å². The van der Waals surface area contributed by atoms with Crippen molar-refractivity contribution in [3.8, 4) is 22.3 Å². The van der Waals surface area contributed by atoms with Crippen LogP contribution in [-0.2, 0) is 5.41 Å². The Hall–Kier alpha value is -1.90. The van der Waals surface area contributed by atoms with Gasteiger partial charge in [0.25, 0.3) is 0 Å². The van der Waals surface area contributed by atoms with Gasteiger partial charge >= 0.3 is 0 Å². The Labute approximate surface area is 199 Å². The topological polar surface area (TPSA) is 0 Å². The van der Waals surface area contributed by atoms with E-state index in [4.69, 9.17) is 11.6 Å². The van der Waals surface area contributed by atoms with E-state index in [1.54, 1.807) is 12.1 Å². The highest BCUT2D eigenvalue weighted by atomic mass is 35.5. The van der Waals surface area contributed by atoms with Crippen LogP contribution in [0.3, 0.4) is 0 Å². The third-order valence-corrected chi connectivity index (χ3v) is 9.73. The van der Waals surface area contributed by atoms with Crippen molar-refractivity contribution in [2.24, 2.45) is 0 Å². The van der Waals surface area contributed by atoms with Crippen molar-refractivity contribution in [3.63, 3.8) is 0 Å². The summed E-state index contributed by atoms with van der Waals surface area (Å²) < 4.78 is 14.8. The average Bonchev–Trinajstić information content (AvgIpc) is 2.81. The van der Waals surface area contributed by atoms with Gasteiger partial charge in [-0.1, -0.05) is 98.9 Å². The van der Waals surface area contributed by atoms with Crippen LogP contribution in [0.2, 0.25) is 23.7 Å². The van der Waals surface area contributed by atoms with Crippen LogP contribution in [0.5, 0.6) is 0 Å². The second-order valence-electron chi connectivity index (χ2n) is 9.44. The molecule has 0 nitrogen and oxygen atoms in total. The van der Waals surface area contributed by atoms with Gasteiger partial charge in [-0.25, -0.2) is 4.39 Å². The third kappa shape index (κ3) is 5.02. The van der Waals surface area contributed by atoms with Gasteiger partial charge in [-0.2, -0.15) is 0 Å². The maximum absolute atomic E-state index is 14.8. The van der Waals surface area contributed by atoms with E-state index in [0.717, 1.165) is 21.7 Å². The molecule has 0 bridgehead atoms. The fourth-order valence-electron chi connectivity index (χ4n) is 5.21. The van der Waals surface area contributed by atoms with Gasteiger partial charge in [-0.05, 0) is 71.2 Å². The van der Waals surface area contributed by atoms with E-state index < -0.39 is 0 Å². The van der Waals surface area contributed by atoms with Gasteiger partial charge < -0.3 is 0 Å². The quantitative estimate of drug-likeness (QED) is 0.241. The highest BCUT2D eigenvalue weighted by Gasteiger charge is 2.36. The molecule has 3 heteroatoms. The van der Waals surface area contributed by atoms with Gasteiger partial charge in [0.15, 0.2) is 0 Å². The minimum absolute atomic E-state index is 0.177. The van der Waals surface area contributed by atoms with Crippen LogP contribution >= 0.6 is 11.6 Å². The van der Waals surface area contributed by atoms with E-state index in [-0.39, 0.29) is 20.0 Å². The normalized spacial score (nSPS) is 16.2. The molecule has 1 heterocycles. The van der Waals surface area contributed by atoms with Crippen LogP contribution in [0.25, 0.3) is 22.3 Å². The molecule has 1 radical (unpaired) electrons. The number of hydrogen-bond acceptors (Lipinski definition) is 0. The molecule has 167 valence electrons. The first-order valence-corrected chi connectivity index (χ1v) is 14.8. The van der Waals surface area contributed by atoms with Crippen molar-refractivity contribution in [2.45, 2.75) is 69.5 Å². The lowest BCUT2D eigenvalue weighted by atomic mass is 9.70. The largest absolute Gasteiger partial charge is 0.206 e. The summed E-state index contributed by atoms with van der Waals surface area (Å²) in [5.41, 5.74) is 5.50. The highest BCUT2D eigenvalue weighted by Crippen LogP contribution is 2.46. The maximum atomic E-state index is 14.8. The van der Waals surface area contributed by atoms with Crippen molar-refractivity contribution in [1.82, 2.24) is 0 Å². The van der Waals surface area contributed by atoms with Gasteiger partial charge in [0.1, 0.15) is 5.82 Å². The second kappa shape index (κ2) is 10.4. The smallest absolute Gasteiger partial charge is 0.131 e. The Morgan fingerprint density at radius 1 is 0.875 bits per heavy atom. The predicted octanol–water partition coefficient (Wildman–Crippen LogP) is 9.55. The molecule has 0 saturated carbocycles. The van der Waals surface area contributed by atoms with Crippen molar-refractivity contribution < 1.29 is 4.39 Å². The Morgan fingerprint density at radius 2 is 1.59 bits per heavy atom.